The number of likely N-dealkylation sites (tertiary alicyclic amines) is 1. The molecule has 1 aromatic rings. The molecule has 3 atom stereocenters. The van der Waals surface area contributed by atoms with Gasteiger partial charge in [-0.2, -0.15) is 0 Å². The van der Waals surface area contributed by atoms with E-state index < -0.39 is 0 Å². The predicted molar refractivity (Wildman–Crippen MR) is 79.4 cm³/mol. The number of terminal acetylenes is 1. The molecule has 1 aliphatic carbocycles. The maximum Gasteiger partial charge on any atom is 0.254 e. The van der Waals surface area contributed by atoms with E-state index in [1.165, 1.54) is 0 Å². The maximum atomic E-state index is 12.7. The fourth-order valence-electron chi connectivity index (χ4n) is 3.59. The van der Waals surface area contributed by atoms with Gasteiger partial charge in [0.2, 0.25) is 5.91 Å². The van der Waals surface area contributed by atoms with Crippen molar-refractivity contribution in [2.75, 3.05) is 6.54 Å². The van der Waals surface area contributed by atoms with Gasteiger partial charge in [0.25, 0.3) is 5.91 Å². The normalized spacial score (nSPS) is 26.4. The van der Waals surface area contributed by atoms with Gasteiger partial charge in [-0.3, -0.25) is 9.59 Å². The van der Waals surface area contributed by atoms with E-state index in [0.717, 1.165) is 19.3 Å². The SMILES string of the molecule is C#CCNC(=O)C1C2CCC(C2)N1C(=O)c1ccccc1. The van der Waals surface area contributed by atoms with Crippen LogP contribution in [0.3, 0.4) is 0 Å². The second-order valence-corrected chi connectivity index (χ2v) is 5.67. The molecular weight excluding hydrogens is 264 g/mol. The zero-order valence-electron chi connectivity index (χ0n) is 11.8. The first kappa shape index (κ1) is 13.7. The monoisotopic (exact) mass is 282 g/mol. The van der Waals surface area contributed by atoms with E-state index in [1.54, 1.807) is 17.0 Å². The molecule has 2 bridgehead atoms. The van der Waals surface area contributed by atoms with Crippen LogP contribution in [0.2, 0.25) is 0 Å². The van der Waals surface area contributed by atoms with E-state index in [-0.39, 0.29) is 36.4 Å². The van der Waals surface area contributed by atoms with Gasteiger partial charge in [-0.1, -0.05) is 24.1 Å². The standard InChI is InChI=1S/C17H18N2O2/c1-2-10-18-16(20)15-13-8-9-14(11-13)19(15)17(21)12-6-4-3-5-7-12/h1,3-7,13-15H,8-11H2,(H,18,20). The van der Waals surface area contributed by atoms with Crippen LogP contribution in [0, 0.1) is 18.3 Å². The van der Waals surface area contributed by atoms with Crippen molar-refractivity contribution in [2.24, 2.45) is 5.92 Å². The molecule has 1 heterocycles. The van der Waals surface area contributed by atoms with Crippen molar-refractivity contribution in [3.8, 4) is 12.3 Å². The average Bonchev–Trinajstić information content (AvgIpc) is 3.13. The number of benzene rings is 1. The van der Waals surface area contributed by atoms with Crippen LogP contribution in [-0.2, 0) is 4.79 Å². The van der Waals surface area contributed by atoms with Crippen molar-refractivity contribution in [2.45, 2.75) is 31.3 Å². The maximum absolute atomic E-state index is 12.7. The average molecular weight is 282 g/mol. The summed E-state index contributed by atoms with van der Waals surface area (Å²) in [6, 6.07) is 8.97. The molecule has 4 nitrogen and oxygen atoms in total. The number of piperidine rings is 1. The highest BCUT2D eigenvalue weighted by Crippen LogP contribution is 2.43. The molecule has 1 aliphatic heterocycles. The van der Waals surface area contributed by atoms with Crippen molar-refractivity contribution in [1.29, 1.82) is 0 Å². The minimum atomic E-state index is -0.371. The highest BCUT2D eigenvalue weighted by molar-refractivity contribution is 5.98. The van der Waals surface area contributed by atoms with Gasteiger partial charge in [-0.05, 0) is 37.3 Å². The zero-order chi connectivity index (χ0) is 14.8. The lowest BCUT2D eigenvalue weighted by Gasteiger charge is -2.34. The number of hydrogen-bond acceptors (Lipinski definition) is 2. The zero-order valence-corrected chi connectivity index (χ0v) is 11.8. The van der Waals surface area contributed by atoms with Crippen LogP contribution in [0.1, 0.15) is 29.6 Å². The van der Waals surface area contributed by atoms with Gasteiger partial charge in [0.05, 0.1) is 6.54 Å². The summed E-state index contributed by atoms with van der Waals surface area (Å²) in [4.78, 5) is 26.8. The van der Waals surface area contributed by atoms with Crippen molar-refractivity contribution >= 4 is 11.8 Å². The fraction of sp³-hybridized carbons (Fsp3) is 0.412. The molecule has 0 spiro atoms. The smallest absolute Gasteiger partial charge is 0.254 e. The van der Waals surface area contributed by atoms with Crippen molar-refractivity contribution in [1.82, 2.24) is 10.2 Å². The van der Waals surface area contributed by atoms with Gasteiger partial charge < -0.3 is 10.2 Å². The molecule has 108 valence electrons. The molecule has 4 heteroatoms. The second-order valence-electron chi connectivity index (χ2n) is 5.67. The summed E-state index contributed by atoms with van der Waals surface area (Å²) < 4.78 is 0. The number of rotatable bonds is 3. The van der Waals surface area contributed by atoms with Crippen molar-refractivity contribution in [3.05, 3.63) is 35.9 Å². The predicted octanol–water partition coefficient (Wildman–Crippen LogP) is 1.43. The van der Waals surface area contributed by atoms with Gasteiger partial charge >= 0.3 is 0 Å². The molecule has 3 rings (SSSR count). The van der Waals surface area contributed by atoms with Crippen molar-refractivity contribution < 1.29 is 9.59 Å². The van der Waals surface area contributed by atoms with Crippen LogP contribution in [0.5, 0.6) is 0 Å². The number of carbonyl (C=O) groups excluding carboxylic acids is 2. The van der Waals surface area contributed by atoms with Gasteiger partial charge in [-0.15, -0.1) is 6.42 Å². The molecule has 1 saturated heterocycles. The lowest BCUT2D eigenvalue weighted by Crippen LogP contribution is -2.52. The van der Waals surface area contributed by atoms with Gasteiger partial charge in [0, 0.05) is 11.6 Å². The Kier molecular flexibility index (Phi) is 3.66. The number of nitrogens with one attached hydrogen (secondary N) is 1. The third-order valence-corrected chi connectivity index (χ3v) is 4.47. The summed E-state index contributed by atoms with van der Waals surface area (Å²) >= 11 is 0. The first-order valence-electron chi connectivity index (χ1n) is 7.31. The van der Waals surface area contributed by atoms with E-state index in [1.807, 2.05) is 18.2 Å². The molecule has 1 saturated carbocycles. The molecule has 21 heavy (non-hydrogen) atoms. The topological polar surface area (TPSA) is 49.4 Å². The van der Waals surface area contributed by atoms with Gasteiger partial charge in [0.15, 0.2) is 0 Å². The second kappa shape index (κ2) is 5.61. The summed E-state index contributed by atoms with van der Waals surface area (Å²) in [7, 11) is 0. The Hall–Kier alpha value is -2.28. The van der Waals surface area contributed by atoms with Crippen molar-refractivity contribution in [3.63, 3.8) is 0 Å². The summed E-state index contributed by atoms with van der Waals surface area (Å²) in [5, 5.41) is 2.73. The minimum absolute atomic E-state index is 0.0522. The third kappa shape index (κ3) is 2.40. The van der Waals surface area contributed by atoms with E-state index in [4.69, 9.17) is 6.42 Å². The largest absolute Gasteiger partial charge is 0.343 e. The van der Waals surface area contributed by atoms with Crippen LogP contribution in [0.4, 0.5) is 0 Å². The Balaban J connectivity index is 1.83. The third-order valence-electron chi connectivity index (χ3n) is 4.47. The summed E-state index contributed by atoms with van der Waals surface area (Å²) in [5.74, 6) is 2.50. The van der Waals surface area contributed by atoms with E-state index in [2.05, 4.69) is 11.2 Å². The summed E-state index contributed by atoms with van der Waals surface area (Å²) in [6.45, 7) is 0.208. The Morgan fingerprint density at radius 1 is 1.29 bits per heavy atom. The molecular formula is C17H18N2O2. The molecule has 2 aliphatic rings. The van der Waals surface area contributed by atoms with Crippen LogP contribution < -0.4 is 5.32 Å². The summed E-state index contributed by atoms with van der Waals surface area (Å²) in [5.41, 5.74) is 0.639. The van der Waals surface area contributed by atoms with Crippen LogP contribution >= 0.6 is 0 Å². The lowest BCUT2D eigenvalue weighted by atomic mass is 9.97. The Morgan fingerprint density at radius 2 is 2.05 bits per heavy atom. The lowest BCUT2D eigenvalue weighted by molar-refractivity contribution is -0.126. The Bertz CT molecular complexity index is 591. The molecule has 3 unspecified atom stereocenters. The Morgan fingerprint density at radius 3 is 2.76 bits per heavy atom. The number of fused-ring (bicyclic) bond motifs is 2. The first-order valence-corrected chi connectivity index (χ1v) is 7.31. The van der Waals surface area contributed by atoms with Crippen LogP contribution in [-0.4, -0.2) is 35.3 Å². The van der Waals surface area contributed by atoms with Gasteiger partial charge in [0.1, 0.15) is 6.04 Å². The van der Waals surface area contributed by atoms with E-state index >= 15 is 0 Å². The van der Waals surface area contributed by atoms with Gasteiger partial charge in [-0.25, -0.2) is 0 Å². The fourth-order valence-corrected chi connectivity index (χ4v) is 3.59. The molecule has 2 fully saturated rings. The molecule has 0 radical (unpaired) electrons. The number of carbonyl (C=O) groups is 2. The molecule has 2 amide bonds. The number of amides is 2. The Labute approximate surface area is 124 Å². The van der Waals surface area contributed by atoms with Crippen LogP contribution in [0.25, 0.3) is 0 Å². The van der Waals surface area contributed by atoms with E-state index in [9.17, 15) is 9.59 Å². The summed E-state index contributed by atoms with van der Waals surface area (Å²) in [6.07, 6.45) is 8.11. The highest BCUT2D eigenvalue weighted by Gasteiger charge is 2.51. The molecule has 0 aromatic heterocycles. The van der Waals surface area contributed by atoms with E-state index in [0.29, 0.717) is 5.56 Å². The number of nitrogens with zero attached hydrogens (tertiary/aromatic N) is 1. The molecule has 1 aromatic carbocycles. The molecule has 1 N–H and O–H groups in total. The van der Waals surface area contributed by atoms with Crippen LogP contribution in [0.15, 0.2) is 30.3 Å². The quantitative estimate of drug-likeness (QED) is 0.853. The first-order chi connectivity index (χ1) is 10.2. The minimum Gasteiger partial charge on any atom is -0.343 e. The number of hydrogen-bond donors (Lipinski definition) is 1. The highest BCUT2D eigenvalue weighted by atomic mass is 16.2.